The number of benzene rings is 1. The van der Waals surface area contributed by atoms with Gasteiger partial charge in [0.15, 0.2) is 5.69 Å². The highest BCUT2D eigenvalue weighted by molar-refractivity contribution is 5.91. The quantitative estimate of drug-likeness (QED) is 0.760. The average Bonchev–Trinajstić information content (AvgIpc) is 3.12. The van der Waals surface area contributed by atoms with Crippen LogP contribution in [0.2, 0.25) is 0 Å². The number of oxazole rings is 1. The Bertz CT molecular complexity index is 706. The van der Waals surface area contributed by atoms with E-state index in [0.717, 1.165) is 26.2 Å². The van der Waals surface area contributed by atoms with Crippen LogP contribution in [-0.2, 0) is 11.3 Å². The maximum atomic E-state index is 11.9. The van der Waals surface area contributed by atoms with Crippen LogP contribution in [0.3, 0.4) is 0 Å². The molecule has 1 aliphatic rings. The zero-order chi connectivity index (χ0) is 18.4. The van der Waals surface area contributed by atoms with Gasteiger partial charge in [-0.3, -0.25) is 9.69 Å². The van der Waals surface area contributed by atoms with E-state index in [1.165, 1.54) is 17.5 Å². The third kappa shape index (κ3) is 4.83. The minimum atomic E-state index is -0.235. The van der Waals surface area contributed by atoms with Gasteiger partial charge in [-0.2, -0.15) is 0 Å². The molecule has 2 aromatic rings. The Morgan fingerprint density at radius 3 is 2.65 bits per heavy atom. The predicted molar refractivity (Wildman–Crippen MR) is 99.4 cm³/mol. The van der Waals surface area contributed by atoms with Crippen LogP contribution >= 0.6 is 0 Å². The van der Waals surface area contributed by atoms with Gasteiger partial charge in [0, 0.05) is 45.5 Å². The summed E-state index contributed by atoms with van der Waals surface area (Å²) in [7, 11) is 1.60. The summed E-state index contributed by atoms with van der Waals surface area (Å²) in [6.45, 7) is 7.46. The van der Waals surface area contributed by atoms with Gasteiger partial charge in [0.1, 0.15) is 6.26 Å². The Morgan fingerprint density at radius 2 is 1.96 bits per heavy atom. The van der Waals surface area contributed by atoms with Gasteiger partial charge in [-0.05, 0) is 19.1 Å². The van der Waals surface area contributed by atoms with Crippen molar-refractivity contribution in [2.24, 2.45) is 0 Å². The molecule has 1 fully saturated rings. The van der Waals surface area contributed by atoms with Gasteiger partial charge >= 0.3 is 0 Å². The standard InChI is InChI=1S/C19H26N4O3/c1-15-3-5-16(6-4-15)23-10-8-22(9-11-23)13-18-21-17(14-26-18)19(24)20-7-12-25-2/h3-6,14H,7-13H2,1-2H3,(H,20,24). The zero-order valence-electron chi connectivity index (χ0n) is 15.4. The van der Waals surface area contributed by atoms with E-state index in [4.69, 9.17) is 9.15 Å². The SMILES string of the molecule is COCCNC(=O)c1coc(CN2CCN(c3ccc(C)cc3)CC2)n1. The number of piperazine rings is 1. The van der Waals surface area contributed by atoms with Crippen molar-refractivity contribution >= 4 is 11.6 Å². The number of anilines is 1. The van der Waals surface area contributed by atoms with E-state index in [2.05, 4.69) is 51.3 Å². The Kier molecular flexibility index (Phi) is 6.25. The van der Waals surface area contributed by atoms with Crippen LogP contribution in [0.4, 0.5) is 5.69 Å². The van der Waals surface area contributed by atoms with Gasteiger partial charge < -0.3 is 19.4 Å². The van der Waals surface area contributed by atoms with Gasteiger partial charge in [0.25, 0.3) is 5.91 Å². The average molecular weight is 358 g/mol. The highest BCUT2D eigenvalue weighted by Gasteiger charge is 2.20. The second-order valence-electron chi connectivity index (χ2n) is 6.47. The minimum Gasteiger partial charge on any atom is -0.447 e. The molecule has 1 saturated heterocycles. The smallest absolute Gasteiger partial charge is 0.273 e. The molecule has 0 spiro atoms. The normalized spacial score (nSPS) is 15.2. The van der Waals surface area contributed by atoms with E-state index in [9.17, 15) is 4.79 Å². The number of carbonyl (C=O) groups is 1. The summed E-state index contributed by atoms with van der Waals surface area (Å²) in [6, 6.07) is 8.64. The number of nitrogens with zero attached hydrogens (tertiary/aromatic N) is 3. The molecule has 0 saturated carbocycles. The van der Waals surface area contributed by atoms with Crippen LogP contribution in [-0.4, -0.2) is 62.2 Å². The molecule has 0 bridgehead atoms. The van der Waals surface area contributed by atoms with Crippen molar-refractivity contribution in [3.05, 3.63) is 47.7 Å². The largest absolute Gasteiger partial charge is 0.447 e. The Morgan fingerprint density at radius 1 is 1.23 bits per heavy atom. The van der Waals surface area contributed by atoms with Crippen LogP contribution in [0.15, 0.2) is 34.9 Å². The van der Waals surface area contributed by atoms with Gasteiger partial charge in [-0.1, -0.05) is 17.7 Å². The van der Waals surface area contributed by atoms with Crippen molar-refractivity contribution in [3.8, 4) is 0 Å². The summed E-state index contributed by atoms with van der Waals surface area (Å²) in [5.41, 5.74) is 2.86. The number of hydrogen-bond donors (Lipinski definition) is 1. The lowest BCUT2D eigenvalue weighted by Gasteiger charge is -2.35. The van der Waals surface area contributed by atoms with E-state index in [1.807, 2.05) is 0 Å². The maximum absolute atomic E-state index is 11.9. The fourth-order valence-electron chi connectivity index (χ4n) is 2.96. The number of methoxy groups -OCH3 is 1. The molecule has 26 heavy (non-hydrogen) atoms. The molecule has 140 valence electrons. The minimum absolute atomic E-state index is 0.235. The summed E-state index contributed by atoms with van der Waals surface area (Å²) >= 11 is 0. The molecule has 3 rings (SSSR count). The second-order valence-corrected chi connectivity index (χ2v) is 6.47. The number of aromatic nitrogens is 1. The number of rotatable bonds is 7. The first-order valence-corrected chi connectivity index (χ1v) is 8.91. The maximum Gasteiger partial charge on any atom is 0.273 e. The fraction of sp³-hybridized carbons (Fsp3) is 0.474. The molecule has 0 aliphatic carbocycles. The van der Waals surface area contributed by atoms with Crippen molar-refractivity contribution in [3.63, 3.8) is 0 Å². The topological polar surface area (TPSA) is 70.8 Å². The molecule has 0 radical (unpaired) electrons. The summed E-state index contributed by atoms with van der Waals surface area (Å²) in [5, 5.41) is 2.74. The first kappa shape index (κ1) is 18.4. The molecular formula is C19H26N4O3. The Hall–Kier alpha value is -2.38. The van der Waals surface area contributed by atoms with E-state index in [1.54, 1.807) is 7.11 Å². The molecular weight excluding hydrogens is 332 g/mol. The lowest BCUT2D eigenvalue weighted by molar-refractivity contribution is 0.0932. The van der Waals surface area contributed by atoms with Gasteiger partial charge in [0.2, 0.25) is 5.89 Å². The summed E-state index contributed by atoms with van der Waals surface area (Å²) < 4.78 is 10.4. The predicted octanol–water partition coefficient (Wildman–Crippen LogP) is 1.68. The van der Waals surface area contributed by atoms with Crippen LogP contribution in [0.25, 0.3) is 0 Å². The molecule has 1 amide bonds. The molecule has 0 unspecified atom stereocenters. The fourth-order valence-corrected chi connectivity index (χ4v) is 2.96. The third-order valence-corrected chi connectivity index (χ3v) is 4.51. The number of aryl methyl sites for hydroxylation is 1. The molecule has 7 nitrogen and oxygen atoms in total. The second kappa shape index (κ2) is 8.82. The van der Waals surface area contributed by atoms with Gasteiger partial charge in [0.05, 0.1) is 13.2 Å². The highest BCUT2D eigenvalue weighted by Crippen LogP contribution is 2.18. The van der Waals surface area contributed by atoms with Crippen molar-refractivity contribution in [2.45, 2.75) is 13.5 Å². The summed E-state index contributed by atoms with van der Waals surface area (Å²) in [4.78, 5) is 20.9. The first-order valence-electron chi connectivity index (χ1n) is 8.91. The molecule has 1 aromatic heterocycles. The van der Waals surface area contributed by atoms with Crippen LogP contribution < -0.4 is 10.2 Å². The first-order chi connectivity index (χ1) is 12.7. The van der Waals surface area contributed by atoms with Gasteiger partial charge in [-0.15, -0.1) is 0 Å². The molecule has 1 N–H and O–H groups in total. The molecule has 1 aromatic carbocycles. The van der Waals surface area contributed by atoms with Crippen LogP contribution in [0, 0.1) is 6.92 Å². The molecule has 0 atom stereocenters. The van der Waals surface area contributed by atoms with E-state index in [-0.39, 0.29) is 5.91 Å². The van der Waals surface area contributed by atoms with E-state index >= 15 is 0 Å². The van der Waals surface area contributed by atoms with Crippen molar-refractivity contribution in [1.29, 1.82) is 0 Å². The third-order valence-electron chi connectivity index (χ3n) is 4.51. The number of nitrogens with one attached hydrogen (secondary N) is 1. The van der Waals surface area contributed by atoms with Crippen molar-refractivity contribution < 1.29 is 13.9 Å². The Labute approximate surface area is 153 Å². The van der Waals surface area contributed by atoms with Crippen LogP contribution in [0.5, 0.6) is 0 Å². The lowest BCUT2D eigenvalue weighted by Crippen LogP contribution is -2.46. The number of carbonyl (C=O) groups excluding carboxylic acids is 1. The monoisotopic (exact) mass is 358 g/mol. The summed E-state index contributed by atoms with van der Waals surface area (Å²) in [6.07, 6.45) is 1.42. The van der Waals surface area contributed by atoms with Gasteiger partial charge in [-0.25, -0.2) is 4.98 Å². The highest BCUT2D eigenvalue weighted by atomic mass is 16.5. The summed E-state index contributed by atoms with van der Waals surface area (Å²) in [5.74, 6) is 0.340. The lowest BCUT2D eigenvalue weighted by atomic mass is 10.2. The van der Waals surface area contributed by atoms with Crippen molar-refractivity contribution in [1.82, 2.24) is 15.2 Å². The molecule has 7 heteroatoms. The molecule has 1 aliphatic heterocycles. The van der Waals surface area contributed by atoms with Crippen LogP contribution in [0.1, 0.15) is 21.9 Å². The number of hydrogen-bond acceptors (Lipinski definition) is 6. The number of ether oxygens (including phenoxy) is 1. The number of amides is 1. The van der Waals surface area contributed by atoms with Crippen molar-refractivity contribution in [2.75, 3.05) is 51.3 Å². The molecule has 2 heterocycles. The zero-order valence-corrected chi connectivity index (χ0v) is 15.4. The van der Waals surface area contributed by atoms with E-state index < -0.39 is 0 Å². The van der Waals surface area contributed by atoms with E-state index in [0.29, 0.717) is 31.3 Å². The Balaban J connectivity index is 1.47.